The average Bonchev–Trinajstić information content (AvgIpc) is 2.50. The number of hydrogen-bond acceptors (Lipinski definition) is 3. The molecule has 0 saturated carbocycles. The normalized spacial score (nSPS) is 11.7. The zero-order chi connectivity index (χ0) is 16.1. The number of primary amides is 1. The largest absolute Gasteiger partial charge is 0.366 e. The van der Waals surface area contributed by atoms with Crippen molar-refractivity contribution in [2.24, 2.45) is 5.73 Å². The van der Waals surface area contributed by atoms with E-state index < -0.39 is 11.2 Å². The van der Waals surface area contributed by atoms with Crippen molar-refractivity contribution in [2.75, 3.05) is 5.32 Å². The van der Waals surface area contributed by atoms with Crippen LogP contribution in [0.15, 0.2) is 53.4 Å². The number of benzene rings is 2. The number of thioether (sulfide) groups is 1. The molecule has 2 aromatic rings. The minimum atomic E-state index is -0.527. The fourth-order valence-corrected chi connectivity index (χ4v) is 2.63. The Labute approximate surface area is 131 Å². The zero-order valence-corrected chi connectivity index (χ0v) is 12.7. The van der Waals surface area contributed by atoms with E-state index in [2.05, 4.69) is 5.32 Å². The van der Waals surface area contributed by atoms with Gasteiger partial charge in [0.05, 0.1) is 5.25 Å². The molecule has 0 aliphatic rings. The monoisotopic (exact) mass is 318 g/mol. The number of nitrogens with one attached hydrogen (secondary N) is 1. The molecule has 22 heavy (non-hydrogen) atoms. The second-order valence-corrected chi connectivity index (χ2v) is 6.00. The van der Waals surface area contributed by atoms with Crippen molar-refractivity contribution in [2.45, 2.75) is 17.1 Å². The van der Waals surface area contributed by atoms with Crippen LogP contribution in [-0.4, -0.2) is 17.1 Å². The summed E-state index contributed by atoms with van der Waals surface area (Å²) in [5, 5.41) is 2.25. The molecule has 0 aromatic heterocycles. The van der Waals surface area contributed by atoms with E-state index in [-0.39, 0.29) is 11.7 Å². The van der Waals surface area contributed by atoms with Gasteiger partial charge in [-0.1, -0.05) is 12.1 Å². The maximum Gasteiger partial charge on any atom is 0.248 e. The number of amides is 2. The van der Waals surface area contributed by atoms with Gasteiger partial charge >= 0.3 is 0 Å². The Balaban J connectivity index is 1.99. The molecule has 3 N–H and O–H groups in total. The van der Waals surface area contributed by atoms with Crippen molar-refractivity contribution >= 4 is 29.3 Å². The van der Waals surface area contributed by atoms with Crippen LogP contribution in [-0.2, 0) is 4.79 Å². The van der Waals surface area contributed by atoms with Gasteiger partial charge in [-0.15, -0.1) is 11.8 Å². The molecule has 0 radical (unpaired) electrons. The topological polar surface area (TPSA) is 72.2 Å². The number of halogens is 1. The Morgan fingerprint density at radius 3 is 2.36 bits per heavy atom. The molecule has 0 saturated heterocycles. The van der Waals surface area contributed by atoms with Crippen molar-refractivity contribution in [1.29, 1.82) is 0 Å². The van der Waals surface area contributed by atoms with Gasteiger partial charge in [0.2, 0.25) is 11.8 Å². The summed E-state index contributed by atoms with van der Waals surface area (Å²) in [5.41, 5.74) is 6.07. The quantitative estimate of drug-likeness (QED) is 0.832. The third-order valence-corrected chi connectivity index (χ3v) is 4.10. The molecular weight excluding hydrogens is 303 g/mol. The molecule has 6 heteroatoms. The fraction of sp³-hybridized carbons (Fsp3) is 0.125. The first-order valence-corrected chi connectivity index (χ1v) is 7.47. The van der Waals surface area contributed by atoms with E-state index in [9.17, 15) is 14.0 Å². The molecule has 114 valence electrons. The van der Waals surface area contributed by atoms with Gasteiger partial charge in [-0.2, -0.15) is 0 Å². The van der Waals surface area contributed by atoms with Gasteiger partial charge in [-0.05, 0) is 43.3 Å². The summed E-state index contributed by atoms with van der Waals surface area (Å²) >= 11 is 1.14. The first-order chi connectivity index (χ1) is 10.5. The highest BCUT2D eigenvalue weighted by Gasteiger charge is 2.16. The summed E-state index contributed by atoms with van der Waals surface area (Å²) in [6.07, 6.45) is 0. The maximum absolute atomic E-state index is 13.6. The highest BCUT2D eigenvalue weighted by Crippen LogP contribution is 2.26. The van der Waals surface area contributed by atoms with Crippen LogP contribution in [0.1, 0.15) is 17.3 Å². The van der Waals surface area contributed by atoms with Crippen molar-refractivity contribution in [3.8, 4) is 0 Å². The van der Waals surface area contributed by atoms with Crippen molar-refractivity contribution in [1.82, 2.24) is 0 Å². The second-order valence-electron chi connectivity index (χ2n) is 4.62. The van der Waals surface area contributed by atoms with Gasteiger partial charge in [0.1, 0.15) is 5.82 Å². The summed E-state index contributed by atoms with van der Waals surface area (Å²) < 4.78 is 13.6. The predicted octanol–water partition coefficient (Wildman–Crippen LogP) is 3.04. The Bertz CT molecular complexity index is 689. The van der Waals surface area contributed by atoms with Gasteiger partial charge < -0.3 is 11.1 Å². The number of anilines is 1. The first-order valence-electron chi connectivity index (χ1n) is 6.59. The van der Waals surface area contributed by atoms with E-state index in [1.165, 1.54) is 18.2 Å². The number of carbonyl (C=O) groups excluding carboxylic acids is 2. The summed E-state index contributed by atoms with van der Waals surface area (Å²) in [5.74, 6) is -1.13. The third-order valence-electron chi connectivity index (χ3n) is 2.95. The third kappa shape index (κ3) is 4.08. The first kappa shape index (κ1) is 16.0. The summed E-state index contributed by atoms with van der Waals surface area (Å²) in [6.45, 7) is 1.70. The van der Waals surface area contributed by atoms with E-state index in [4.69, 9.17) is 5.73 Å². The van der Waals surface area contributed by atoms with E-state index in [0.29, 0.717) is 16.1 Å². The molecular formula is C16H15FN2O2S. The Morgan fingerprint density at radius 1 is 1.14 bits per heavy atom. The van der Waals surface area contributed by atoms with E-state index in [0.717, 1.165) is 11.8 Å². The molecule has 1 atom stereocenters. The number of nitrogens with two attached hydrogens (primary N) is 1. The molecule has 0 bridgehead atoms. The molecule has 0 aliphatic heterocycles. The molecule has 0 fully saturated rings. The molecule has 0 heterocycles. The number of hydrogen-bond donors (Lipinski definition) is 2. The standard InChI is InChI=1S/C16H15FN2O2S/c1-10(22-14-5-3-2-4-13(14)17)16(21)19-12-8-6-11(7-9-12)15(18)20/h2-10H,1H3,(H2,18,20)(H,19,21)/t10-/m1/s1. The van der Waals surface area contributed by atoms with Gasteiger partial charge in [0.25, 0.3) is 0 Å². The lowest BCUT2D eigenvalue weighted by Gasteiger charge is -2.12. The molecule has 0 spiro atoms. The van der Waals surface area contributed by atoms with E-state index in [1.54, 1.807) is 37.3 Å². The molecule has 2 rings (SSSR count). The second kappa shape index (κ2) is 7.09. The van der Waals surface area contributed by atoms with Crippen LogP contribution in [0.25, 0.3) is 0 Å². The van der Waals surface area contributed by atoms with Crippen molar-refractivity contribution in [3.05, 3.63) is 59.9 Å². The summed E-state index contributed by atoms with van der Waals surface area (Å²) in [7, 11) is 0. The molecule has 0 unspecified atom stereocenters. The Hall–Kier alpha value is -2.34. The minimum absolute atomic E-state index is 0.250. The van der Waals surface area contributed by atoms with Gasteiger partial charge in [0.15, 0.2) is 0 Å². The van der Waals surface area contributed by atoms with Gasteiger partial charge in [-0.25, -0.2) is 4.39 Å². The van der Waals surface area contributed by atoms with Crippen LogP contribution in [0, 0.1) is 5.82 Å². The van der Waals surface area contributed by atoms with Crippen molar-refractivity contribution < 1.29 is 14.0 Å². The highest BCUT2D eigenvalue weighted by molar-refractivity contribution is 8.00. The highest BCUT2D eigenvalue weighted by atomic mass is 32.2. The lowest BCUT2D eigenvalue weighted by Crippen LogP contribution is -2.22. The van der Waals surface area contributed by atoms with E-state index in [1.807, 2.05) is 0 Å². The minimum Gasteiger partial charge on any atom is -0.366 e. The van der Waals surface area contributed by atoms with Crippen molar-refractivity contribution in [3.63, 3.8) is 0 Å². The fourth-order valence-electron chi connectivity index (χ4n) is 1.75. The van der Waals surface area contributed by atoms with Gasteiger partial charge in [0, 0.05) is 16.1 Å². The van der Waals surface area contributed by atoms with Crippen LogP contribution < -0.4 is 11.1 Å². The predicted molar refractivity (Wildman–Crippen MR) is 85.3 cm³/mol. The number of carbonyl (C=O) groups is 2. The zero-order valence-electron chi connectivity index (χ0n) is 11.9. The smallest absolute Gasteiger partial charge is 0.248 e. The maximum atomic E-state index is 13.6. The summed E-state index contributed by atoms with van der Waals surface area (Å²) in [6, 6.07) is 12.6. The van der Waals surface area contributed by atoms with Crippen LogP contribution in [0.2, 0.25) is 0 Å². The van der Waals surface area contributed by atoms with Crippen LogP contribution >= 0.6 is 11.8 Å². The Morgan fingerprint density at radius 2 is 1.77 bits per heavy atom. The van der Waals surface area contributed by atoms with Crippen LogP contribution in [0.4, 0.5) is 10.1 Å². The summed E-state index contributed by atoms with van der Waals surface area (Å²) in [4.78, 5) is 23.5. The van der Waals surface area contributed by atoms with Gasteiger partial charge in [-0.3, -0.25) is 9.59 Å². The molecule has 4 nitrogen and oxygen atoms in total. The lowest BCUT2D eigenvalue weighted by atomic mass is 10.2. The van der Waals surface area contributed by atoms with Crippen LogP contribution in [0.5, 0.6) is 0 Å². The molecule has 2 amide bonds. The number of rotatable bonds is 5. The Kier molecular flexibility index (Phi) is 5.16. The molecule has 0 aliphatic carbocycles. The average molecular weight is 318 g/mol. The van der Waals surface area contributed by atoms with E-state index >= 15 is 0 Å². The molecule has 2 aromatic carbocycles. The lowest BCUT2D eigenvalue weighted by molar-refractivity contribution is -0.115. The van der Waals surface area contributed by atoms with Crippen LogP contribution in [0.3, 0.4) is 0 Å². The SMILES string of the molecule is C[C@@H](Sc1ccccc1F)C(=O)Nc1ccc(C(N)=O)cc1.